The first-order chi connectivity index (χ1) is 29.5. The fraction of sp³-hybridized carbons (Fsp3) is 0.250. The minimum absolute atomic E-state index is 0.0301. The van der Waals surface area contributed by atoms with Crippen molar-refractivity contribution in [1.29, 1.82) is 0 Å². The normalized spacial score (nSPS) is 15.0. The van der Waals surface area contributed by atoms with Crippen LogP contribution in [0.4, 0.5) is 10.1 Å². The summed E-state index contributed by atoms with van der Waals surface area (Å²) in [5.41, 5.74) is 6.02. The Morgan fingerprint density at radius 2 is 1.70 bits per heavy atom. The molecule has 8 rings (SSSR count). The smallest absolute Gasteiger partial charge is 0.264 e. The number of carbonyl (C=O) groups excluding carboxylic acids is 5. The number of imidazole rings is 1. The molecule has 4 heterocycles. The summed E-state index contributed by atoms with van der Waals surface area (Å²) in [6, 6.07) is 23.1. The molecule has 0 saturated carbocycles. The predicted octanol–water partition coefficient (Wildman–Crippen LogP) is 5.28. The van der Waals surface area contributed by atoms with Gasteiger partial charge in [-0.2, -0.15) is 9.78 Å². The van der Waals surface area contributed by atoms with Crippen LogP contribution in [-0.4, -0.2) is 91.6 Å². The van der Waals surface area contributed by atoms with E-state index in [9.17, 15) is 33.5 Å². The molecule has 5 amide bonds. The molecule has 1 atom stereocenters. The number of fused-ring (bicyclic) bond motifs is 2. The van der Waals surface area contributed by atoms with Gasteiger partial charge >= 0.3 is 0 Å². The summed E-state index contributed by atoms with van der Waals surface area (Å²) in [5.74, 6) is -2.69. The summed E-state index contributed by atoms with van der Waals surface area (Å²) in [7, 11) is 0. The molecule has 5 N–H and O–H groups in total. The van der Waals surface area contributed by atoms with Crippen LogP contribution >= 0.6 is 11.6 Å². The summed E-state index contributed by atoms with van der Waals surface area (Å²) in [6.45, 7) is 0.674. The summed E-state index contributed by atoms with van der Waals surface area (Å²) in [5, 5.41) is 24.8. The van der Waals surface area contributed by atoms with Crippen molar-refractivity contribution in [1.82, 2.24) is 35.3 Å². The number of rotatable bonds is 16. The molecule has 6 aromatic rings. The second-order valence-corrected chi connectivity index (χ2v) is 15.2. The highest BCUT2D eigenvalue weighted by atomic mass is 35.5. The third-order valence-electron chi connectivity index (χ3n) is 10.6. The quantitative estimate of drug-likeness (QED) is 0.0631. The number of aromatic amines is 1. The van der Waals surface area contributed by atoms with Gasteiger partial charge in [0.25, 0.3) is 11.8 Å². The fourth-order valence-electron chi connectivity index (χ4n) is 7.52. The van der Waals surface area contributed by atoms with Gasteiger partial charge in [-0.05, 0) is 85.7 Å². The fourth-order valence-corrected chi connectivity index (χ4v) is 7.69. The van der Waals surface area contributed by atoms with Gasteiger partial charge in [0, 0.05) is 48.0 Å². The third-order valence-corrected chi connectivity index (χ3v) is 10.8. The average molecular weight is 847 g/mol. The van der Waals surface area contributed by atoms with Crippen LogP contribution in [0.15, 0.2) is 84.9 Å². The molecule has 17 heteroatoms. The number of piperidine rings is 1. The lowest BCUT2D eigenvalue weighted by molar-refractivity contribution is -0.136. The summed E-state index contributed by atoms with van der Waals surface area (Å²) >= 11 is 6.17. The van der Waals surface area contributed by atoms with E-state index < -0.39 is 29.7 Å². The standard InChI is InChI=1S/C44H40ClFN8O7/c45-28-13-17-32-34(23-28)50-44(49-32)54-42(59)31(16-10-26-8-14-29(46)15-9-26)39(52-54)27-11-6-25(7-12-27)3-2-22-61-24-37(56)48-21-20-47-33-5-1-4-30-38(33)43(60)53(41(30)58)35-18-19-36(55)51-40(35)57/h1,4-9,11-15,17,23,35,47,59H,2-3,10,16,18-22,24H2,(H,48,56)(H,49,50)(H,51,55,57). The zero-order chi connectivity index (χ0) is 42.6. The number of aromatic hydroxyl groups is 1. The van der Waals surface area contributed by atoms with E-state index in [1.165, 1.54) is 22.9 Å². The highest BCUT2D eigenvalue weighted by Crippen LogP contribution is 2.34. The molecule has 0 spiro atoms. The second kappa shape index (κ2) is 17.7. The number of H-pyrrole nitrogens is 1. The molecular weight excluding hydrogens is 807 g/mol. The monoisotopic (exact) mass is 846 g/mol. The topological polar surface area (TPSA) is 201 Å². The number of nitrogens with zero attached hydrogens (tertiary/aromatic N) is 4. The van der Waals surface area contributed by atoms with E-state index in [0.717, 1.165) is 27.1 Å². The molecule has 1 saturated heterocycles. The van der Waals surface area contributed by atoms with Crippen LogP contribution in [0, 0.1) is 5.82 Å². The van der Waals surface area contributed by atoms with Crippen LogP contribution < -0.4 is 16.0 Å². The van der Waals surface area contributed by atoms with E-state index in [-0.39, 0.29) is 61.3 Å². The summed E-state index contributed by atoms with van der Waals surface area (Å²) in [6.07, 6.45) is 2.42. The van der Waals surface area contributed by atoms with Gasteiger partial charge in [-0.3, -0.25) is 34.2 Å². The molecule has 1 fully saturated rings. The molecule has 2 aliphatic rings. The van der Waals surface area contributed by atoms with Gasteiger partial charge in [-0.15, -0.1) is 0 Å². The number of hydrogen-bond acceptors (Lipinski definition) is 10. The number of benzene rings is 4. The highest BCUT2D eigenvalue weighted by Gasteiger charge is 2.45. The van der Waals surface area contributed by atoms with Crippen molar-refractivity contribution >= 4 is 57.9 Å². The van der Waals surface area contributed by atoms with E-state index in [1.807, 2.05) is 24.3 Å². The molecule has 312 valence electrons. The number of hydrogen-bond donors (Lipinski definition) is 5. The van der Waals surface area contributed by atoms with Gasteiger partial charge in [0.1, 0.15) is 24.2 Å². The van der Waals surface area contributed by atoms with Crippen molar-refractivity contribution in [3.8, 4) is 23.1 Å². The number of imide groups is 2. The van der Waals surface area contributed by atoms with E-state index in [1.54, 1.807) is 42.5 Å². The highest BCUT2D eigenvalue weighted by molar-refractivity contribution is 6.31. The first-order valence-electron chi connectivity index (χ1n) is 19.8. The Kier molecular flexibility index (Phi) is 11.9. The zero-order valence-corrected chi connectivity index (χ0v) is 33.4. The lowest BCUT2D eigenvalue weighted by Crippen LogP contribution is -2.54. The second-order valence-electron chi connectivity index (χ2n) is 14.7. The maximum atomic E-state index is 13.6. The Morgan fingerprint density at radius 3 is 2.49 bits per heavy atom. The van der Waals surface area contributed by atoms with Crippen LogP contribution in [0.2, 0.25) is 5.02 Å². The van der Waals surface area contributed by atoms with Crippen molar-refractivity contribution in [3.63, 3.8) is 0 Å². The largest absolute Gasteiger partial charge is 0.493 e. The lowest BCUT2D eigenvalue weighted by atomic mass is 9.99. The van der Waals surface area contributed by atoms with Gasteiger partial charge in [0.05, 0.1) is 22.2 Å². The molecule has 0 aliphatic carbocycles. The molecule has 15 nitrogen and oxygen atoms in total. The Balaban J connectivity index is 0.814. The lowest BCUT2D eigenvalue weighted by Gasteiger charge is -2.27. The van der Waals surface area contributed by atoms with Gasteiger partial charge < -0.3 is 25.5 Å². The van der Waals surface area contributed by atoms with Crippen molar-refractivity contribution in [2.75, 3.05) is 31.6 Å². The molecule has 61 heavy (non-hydrogen) atoms. The van der Waals surface area contributed by atoms with Crippen molar-refractivity contribution < 1.29 is 38.2 Å². The maximum absolute atomic E-state index is 13.6. The van der Waals surface area contributed by atoms with Crippen molar-refractivity contribution in [2.24, 2.45) is 0 Å². The minimum atomic E-state index is -1.06. The number of aryl methyl sites for hydroxylation is 2. The summed E-state index contributed by atoms with van der Waals surface area (Å²) in [4.78, 5) is 71.5. The van der Waals surface area contributed by atoms with E-state index in [2.05, 4.69) is 25.9 Å². The first-order valence-corrected chi connectivity index (χ1v) is 20.1. The molecule has 2 aromatic heterocycles. The average Bonchev–Trinajstić information content (AvgIpc) is 3.90. The van der Waals surface area contributed by atoms with Gasteiger partial charge in [0.15, 0.2) is 0 Å². The van der Waals surface area contributed by atoms with E-state index in [4.69, 9.17) is 21.4 Å². The predicted molar refractivity (Wildman–Crippen MR) is 223 cm³/mol. The van der Waals surface area contributed by atoms with Gasteiger partial charge in [-0.1, -0.05) is 54.1 Å². The van der Waals surface area contributed by atoms with Crippen LogP contribution in [0.1, 0.15) is 56.7 Å². The molecule has 0 bridgehead atoms. The van der Waals surface area contributed by atoms with Crippen molar-refractivity contribution in [2.45, 2.75) is 44.6 Å². The molecule has 4 aromatic carbocycles. The van der Waals surface area contributed by atoms with Crippen LogP contribution in [-0.2, 0) is 38.4 Å². The van der Waals surface area contributed by atoms with Crippen LogP contribution in [0.25, 0.3) is 28.2 Å². The number of carbonyl (C=O) groups is 5. The van der Waals surface area contributed by atoms with Crippen LogP contribution in [0.5, 0.6) is 5.88 Å². The number of halogens is 2. The van der Waals surface area contributed by atoms with E-state index in [0.29, 0.717) is 65.7 Å². The number of anilines is 1. The van der Waals surface area contributed by atoms with Gasteiger partial charge in [-0.25, -0.2) is 9.37 Å². The van der Waals surface area contributed by atoms with E-state index >= 15 is 0 Å². The number of nitrogens with one attached hydrogen (secondary N) is 4. The molecule has 1 unspecified atom stereocenters. The maximum Gasteiger partial charge on any atom is 0.264 e. The Morgan fingerprint density at radius 1 is 0.934 bits per heavy atom. The first kappa shape index (κ1) is 40.9. The number of amides is 5. The minimum Gasteiger partial charge on any atom is -0.493 e. The Hall–Kier alpha value is -6.91. The molecule has 2 aliphatic heterocycles. The van der Waals surface area contributed by atoms with Gasteiger partial charge in [0.2, 0.25) is 29.5 Å². The number of ether oxygens (including phenoxy) is 1. The zero-order valence-electron chi connectivity index (χ0n) is 32.7. The Bertz CT molecular complexity index is 2660. The SMILES string of the molecule is O=C(COCCCc1ccc(-c2nn(-c3nc4cc(Cl)ccc4[nH]3)c(O)c2CCc2ccc(F)cc2)cc1)NCCNc1cccc2c1C(=O)N(C1CCC(=O)NC1=O)C2=O. The third kappa shape index (κ3) is 8.86. The van der Waals surface area contributed by atoms with Crippen molar-refractivity contribution in [3.05, 3.63) is 124 Å². The van der Waals surface area contributed by atoms with Crippen LogP contribution in [0.3, 0.4) is 0 Å². The molecular formula is C44H40ClFN8O7. The Labute approximate surface area is 353 Å². The number of aromatic nitrogens is 4. The summed E-state index contributed by atoms with van der Waals surface area (Å²) < 4.78 is 20.6. The molecule has 0 radical (unpaired) electrons.